The highest BCUT2D eigenvalue weighted by Crippen LogP contribution is 2.24. The zero-order chi connectivity index (χ0) is 19.2. The average molecular weight is 382 g/mol. The molecular formula is C22H31N5O. The Morgan fingerprint density at radius 2 is 1.86 bits per heavy atom. The van der Waals surface area contributed by atoms with Crippen LogP contribution in [0.2, 0.25) is 0 Å². The summed E-state index contributed by atoms with van der Waals surface area (Å²) in [4.78, 5) is 9.40. The smallest absolute Gasteiger partial charge is 0.128 e. The largest absolute Gasteiger partial charge is 0.378 e. The SMILES string of the molecule is NCCc1ccc(N2CCC[C@@H](Nc3cc(N4CCOCC4)ccn3)C2)cc1. The van der Waals surface area contributed by atoms with E-state index in [2.05, 4.69) is 56.5 Å². The van der Waals surface area contributed by atoms with Crippen molar-refractivity contribution in [2.24, 2.45) is 5.73 Å². The predicted molar refractivity (Wildman–Crippen MR) is 115 cm³/mol. The Morgan fingerprint density at radius 3 is 2.64 bits per heavy atom. The van der Waals surface area contributed by atoms with Crippen LogP contribution in [0.1, 0.15) is 18.4 Å². The van der Waals surface area contributed by atoms with Crippen molar-refractivity contribution in [1.29, 1.82) is 0 Å². The third-order valence-electron chi connectivity index (χ3n) is 5.63. The molecule has 6 heteroatoms. The first-order valence-corrected chi connectivity index (χ1v) is 10.4. The van der Waals surface area contributed by atoms with Crippen LogP contribution in [0.5, 0.6) is 0 Å². The van der Waals surface area contributed by atoms with E-state index in [1.165, 1.54) is 29.8 Å². The Balaban J connectivity index is 1.38. The van der Waals surface area contributed by atoms with Gasteiger partial charge in [0.1, 0.15) is 5.82 Å². The number of ether oxygens (including phenoxy) is 1. The van der Waals surface area contributed by atoms with Crippen LogP contribution in [0.25, 0.3) is 0 Å². The predicted octanol–water partition coefficient (Wildman–Crippen LogP) is 2.50. The van der Waals surface area contributed by atoms with Gasteiger partial charge in [0.15, 0.2) is 0 Å². The summed E-state index contributed by atoms with van der Waals surface area (Å²) >= 11 is 0. The molecule has 1 atom stereocenters. The van der Waals surface area contributed by atoms with Gasteiger partial charge < -0.3 is 25.6 Å². The van der Waals surface area contributed by atoms with E-state index in [9.17, 15) is 0 Å². The molecule has 150 valence electrons. The maximum Gasteiger partial charge on any atom is 0.128 e. The van der Waals surface area contributed by atoms with Crippen molar-refractivity contribution in [2.45, 2.75) is 25.3 Å². The first kappa shape index (κ1) is 19.0. The maximum absolute atomic E-state index is 5.66. The molecule has 0 aliphatic carbocycles. The van der Waals surface area contributed by atoms with Crippen molar-refractivity contribution in [3.8, 4) is 0 Å². The number of nitrogens with two attached hydrogens (primary N) is 1. The van der Waals surface area contributed by atoms with Gasteiger partial charge in [-0.3, -0.25) is 0 Å². The summed E-state index contributed by atoms with van der Waals surface area (Å²) in [6.45, 7) is 6.29. The van der Waals surface area contributed by atoms with Crippen LogP contribution >= 0.6 is 0 Å². The fourth-order valence-electron chi connectivity index (χ4n) is 4.10. The van der Waals surface area contributed by atoms with E-state index in [-0.39, 0.29) is 0 Å². The molecule has 0 saturated carbocycles. The molecule has 1 aromatic heterocycles. The molecule has 3 heterocycles. The number of morpholine rings is 1. The number of hydrogen-bond acceptors (Lipinski definition) is 6. The highest BCUT2D eigenvalue weighted by atomic mass is 16.5. The van der Waals surface area contributed by atoms with Crippen molar-refractivity contribution in [1.82, 2.24) is 4.98 Å². The van der Waals surface area contributed by atoms with Crippen molar-refractivity contribution < 1.29 is 4.74 Å². The lowest BCUT2D eigenvalue weighted by Gasteiger charge is -2.35. The minimum atomic E-state index is 0.407. The molecule has 2 aromatic rings. The molecule has 0 bridgehead atoms. The van der Waals surface area contributed by atoms with Crippen LogP contribution < -0.4 is 20.9 Å². The molecule has 3 N–H and O–H groups in total. The van der Waals surface area contributed by atoms with Crippen molar-refractivity contribution in [2.75, 3.05) is 61.1 Å². The number of benzene rings is 1. The van der Waals surface area contributed by atoms with E-state index in [0.717, 1.165) is 51.6 Å². The molecule has 0 amide bonds. The van der Waals surface area contributed by atoms with Gasteiger partial charge in [0, 0.05) is 55.9 Å². The summed E-state index contributed by atoms with van der Waals surface area (Å²) in [6, 6.07) is 13.5. The van der Waals surface area contributed by atoms with Gasteiger partial charge in [0.05, 0.1) is 13.2 Å². The number of aromatic nitrogens is 1. The second-order valence-corrected chi connectivity index (χ2v) is 7.63. The van der Waals surface area contributed by atoms with Crippen LogP contribution in [-0.2, 0) is 11.2 Å². The topological polar surface area (TPSA) is 66.7 Å². The van der Waals surface area contributed by atoms with Crippen LogP contribution in [0.3, 0.4) is 0 Å². The number of rotatable bonds is 6. The molecule has 4 rings (SSSR count). The summed E-state index contributed by atoms with van der Waals surface area (Å²) in [5.74, 6) is 0.967. The zero-order valence-corrected chi connectivity index (χ0v) is 16.5. The number of piperidine rings is 1. The summed E-state index contributed by atoms with van der Waals surface area (Å²) in [7, 11) is 0. The normalized spacial score (nSPS) is 20.2. The van der Waals surface area contributed by atoms with Crippen LogP contribution in [0.15, 0.2) is 42.6 Å². The summed E-state index contributed by atoms with van der Waals surface area (Å²) < 4.78 is 5.46. The fraction of sp³-hybridized carbons (Fsp3) is 0.500. The number of pyridine rings is 1. The Kier molecular flexibility index (Phi) is 6.29. The zero-order valence-electron chi connectivity index (χ0n) is 16.5. The quantitative estimate of drug-likeness (QED) is 0.801. The molecule has 2 fully saturated rings. The Morgan fingerprint density at radius 1 is 1.04 bits per heavy atom. The highest BCUT2D eigenvalue weighted by molar-refractivity contribution is 5.55. The lowest BCUT2D eigenvalue weighted by Crippen LogP contribution is -2.42. The van der Waals surface area contributed by atoms with Gasteiger partial charge in [-0.1, -0.05) is 12.1 Å². The van der Waals surface area contributed by atoms with Gasteiger partial charge in [-0.15, -0.1) is 0 Å². The maximum atomic E-state index is 5.66. The Labute approximate surface area is 167 Å². The van der Waals surface area contributed by atoms with Gasteiger partial charge >= 0.3 is 0 Å². The minimum Gasteiger partial charge on any atom is -0.378 e. The highest BCUT2D eigenvalue weighted by Gasteiger charge is 2.21. The van der Waals surface area contributed by atoms with E-state index in [0.29, 0.717) is 12.6 Å². The molecule has 6 nitrogen and oxygen atoms in total. The first-order valence-electron chi connectivity index (χ1n) is 10.4. The van der Waals surface area contributed by atoms with Gasteiger partial charge in [-0.2, -0.15) is 0 Å². The third kappa shape index (κ3) is 4.75. The second kappa shape index (κ2) is 9.26. The molecule has 2 aliphatic rings. The van der Waals surface area contributed by atoms with Gasteiger partial charge in [0.2, 0.25) is 0 Å². The third-order valence-corrected chi connectivity index (χ3v) is 5.63. The van der Waals surface area contributed by atoms with Crippen LogP contribution in [-0.4, -0.2) is 57.0 Å². The van der Waals surface area contributed by atoms with Crippen LogP contribution in [0, 0.1) is 0 Å². The van der Waals surface area contributed by atoms with Gasteiger partial charge in [0.25, 0.3) is 0 Å². The molecule has 0 spiro atoms. The molecule has 0 radical (unpaired) electrons. The fourth-order valence-corrected chi connectivity index (χ4v) is 4.10. The van der Waals surface area contributed by atoms with E-state index in [1.54, 1.807) is 0 Å². The van der Waals surface area contributed by atoms with E-state index < -0.39 is 0 Å². The van der Waals surface area contributed by atoms with Crippen molar-refractivity contribution >= 4 is 17.2 Å². The molecule has 1 aromatic carbocycles. The second-order valence-electron chi connectivity index (χ2n) is 7.63. The molecule has 2 saturated heterocycles. The van der Waals surface area contributed by atoms with Crippen molar-refractivity contribution in [3.05, 3.63) is 48.2 Å². The summed E-state index contributed by atoms with van der Waals surface area (Å²) in [5, 5.41) is 3.66. The van der Waals surface area contributed by atoms with Gasteiger partial charge in [-0.25, -0.2) is 4.98 Å². The number of nitrogens with zero attached hydrogens (tertiary/aromatic N) is 3. The number of anilines is 3. The van der Waals surface area contributed by atoms with E-state index in [1.807, 2.05) is 6.20 Å². The Bertz CT molecular complexity index is 745. The minimum absolute atomic E-state index is 0.407. The molecular weight excluding hydrogens is 350 g/mol. The monoisotopic (exact) mass is 381 g/mol. The molecule has 2 aliphatic heterocycles. The lowest BCUT2D eigenvalue weighted by molar-refractivity contribution is 0.122. The van der Waals surface area contributed by atoms with Gasteiger partial charge in [-0.05, 0) is 49.6 Å². The standard InChI is InChI=1S/C22H31N5O/c23-9-7-18-3-5-20(6-4-18)27-11-1-2-19(17-27)25-22-16-21(8-10-24-22)26-12-14-28-15-13-26/h3-6,8,10,16,19H,1-2,7,9,11-15,17,23H2,(H,24,25)/t19-/m1/s1. The van der Waals surface area contributed by atoms with Crippen molar-refractivity contribution in [3.63, 3.8) is 0 Å². The average Bonchev–Trinajstić information content (AvgIpc) is 2.76. The Hall–Kier alpha value is -2.31. The molecule has 28 heavy (non-hydrogen) atoms. The number of nitrogens with one attached hydrogen (secondary N) is 1. The lowest BCUT2D eigenvalue weighted by atomic mass is 10.0. The van der Waals surface area contributed by atoms with E-state index in [4.69, 9.17) is 10.5 Å². The first-order chi connectivity index (χ1) is 13.8. The molecule has 0 unspecified atom stereocenters. The summed E-state index contributed by atoms with van der Waals surface area (Å²) in [6.07, 6.45) is 5.20. The summed E-state index contributed by atoms with van der Waals surface area (Å²) in [5.41, 5.74) is 9.48. The van der Waals surface area contributed by atoms with Crippen LogP contribution in [0.4, 0.5) is 17.2 Å². The van der Waals surface area contributed by atoms with E-state index >= 15 is 0 Å². The number of hydrogen-bond donors (Lipinski definition) is 2.